The summed E-state index contributed by atoms with van der Waals surface area (Å²) in [5.74, 6) is -3.06. The zero-order chi connectivity index (χ0) is 11.0. The molecular formula is C11H12F3N. The maximum absolute atomic E-state index is 12.8. The third kappa shape index (κ3) is 2.08. The first-order valence-electron chi connectivity index (χ1n) is 4.97. The highest BCUT2D eigenvalue weighted by Gasteiger charge is 2.25. The van der Waals surface area contributed by atoms with Crippen molar-refractivity contribution in [1.82, 2.24) is 0 Å². The molecule has 0 aromatic heterocycles. The van der Waals surface area contributed by atoms with Crippen molar-refractivity contribution in [1.29, 1.82) is 0 Å². The van der Waals surface area contributed by atoms with Crippen LogP contribution in [0.3, 0.4) is 0 Å². The molecular weight excluding hydrogens is 203 g/mol. The first-order valence-corrected chi connectivity index (χ1v) is 4.97. The Bertz CT molecular complexity index is 349. The van der Waals surface area contributed by atoms with E-state index < -0.39 is 17.5 Å². The number of anilines is 1. The van der Waals surface area contributed by atoms with Gasteiger partial charge in [-0.3, -0.25) is 0 Å². The molecule has 1 fully saturated rings. The van der Waals surface area contributed by atoms with Crippen molar-refractivity contribution in [2.24, 2.45) is 5.92 Å². The predicted octanol–water partition coefficient (Wildman–Crippen LogP) is 3.31. The lowest BCUT2D eigenvalue weighted by Gasteiger charge is -2.34. The highest BCUT2D eigenvalue weighted by molar-refractivity contribution is 5.45. The molecule has 0 heterocycles. The Morgan fingerprint density at radius 3 is 2.13 bits per heavy atom. The first kappa shape index (κ1) is 10.3. The number of nitrogens with one attached hydrogen (secondary N) is 1. The molecule has 1 saturated carbocycles. The van der Waals surface area contributed by atoms with Crippen LogP contribution in [0.5, 0.6) is 0 Å². The lowest BCUT2D eigenvalue weighted by molar-refractivity contribution is 0.309. The van der Waals surface area contributed by atoms with Crippen molar-refractivity contribution >= 4 is 5.69 Å². The summed E-state index contributed by atoms with van der Waals surface area (Å²) in [5.41, 5.74) is 0.309. The summed E-state index contributed by atoms with van der Waals surface area (Å²) in [6, 6.07) is 2.23. The fraction of sp³-hybridized carbons (Fsp3) is 0.455. The SMILES string of the molecule is CC1CC(Nc2cc(F)c(F)c(F)c2)C1. The van der Waals surface area contributed by atoms with Gasteiger partial charge in [-0.1, -0.05) is 6.92 Å². The third-order valence-electron chi connectivity index (χ3n) is 2.73. The molecule has 1 aromatic rings. The molecule has 0 radical (unpaired) electrons. The molecule has 0 spiro atoms. The monoisotopic (exact) mass is 215 g/mol. The van der Waals surface area contributed by atoms with Crippen molar-refractivity contribution in [2.45, 2.75) is 25.8 Å². The summed E-state index contributed by atoms with van der Waals surface area (Å²) < 4.78 is 38.3. The van der Waals surface area contributed by atoms with Crippen LogP contribution < -0.4 is 5.32 Å². The molecule has 4 heteroatoms. The molecule has 1 aromatic carbocycles. The quantitative estimate of drug-likeness (QED) is 0.746. The normalized spacial score (nSPS) is 24.8. The van der Waals surface area contributed by atoms with E-state index in [-0.39, 0.29) is 6.04 Å². The van der Waals surface area contributed by atoms with E-state index in [0.29, 0.717) is 11.6 Å². The highest BCUT2D eigenvalue weighted by Crippen LogP contribution is 2.30. The molecule has 0 amide bonds. The molecule has 0 atom stereocenters. The minimum Gasteiger partial charge on any atom is -0.382 e. The Morgan fingerprint density at radius 1 is 1.13 bits per heavy atom. The van der Waals surface area contributed by atoms with Crippen LogP contribution in [-0.2, 0) is 0 Å². The standard InChI is InChI=1S/C11H12F3N/c1-6-2-7(3-6)15-8-4-9(12)11(14)10(13)5-8/h4-7,15H,2-3H2,1H3. The molecule has 0 unspecified atom stereocenters. The smallest absolute Gasteiger partial charge is 0.194 e. The van der Waals surface area contributed by atoms with Gasteiger partial charge in [-0.15, -0.1) is 0 Å². The summed E-state index contributed by atoms with van der Waals surface area (Å²) in [5, 5.41) is 2.97. The van der Waals surface area contributed by atoms with E-state index >= 15 is 0 Å². The molecule has 82 valence electrons. The largest absolute Gasteiger partial charge is 0.382 e. The van der Waals surface area contributed by atoms with Crippen LogP contribution in [0.15, 0.2) is 12.1 Å². The number of hydrogen-bond donors (Lipinski definition) is 1. The van der Waals surface area contributed by atoms with Crippen LogP contribution in [0.1, 0.15) is 19.8 Å². The van der Waals surface area contributed by atoms with E-state index in [4.69, 9.17) is 0 Å². The van der Waals surface area contributed by atoms with E-state index in [1.54, 1.807) is 0 Å². The van der Waals surface area contributed by atoms with Gasteiger partial charge >= 0.3 is 0 Å². The van der Waals surface area contributed by atoms with Crippen molar-refractivity contribution in [3.05, 3.63) is 29.6 Å². The number of benzene rings is 1. The number of hydrogen-bond acceptors (Lipinski definition) is 1. The predicted molar refractivity (Wildman–Crippen MR) is 52.1 cm³/mol. The molecule has 1 N–H and O–H groups in total. The summed E-state index contributed by atoms with van der Waals surface area (Å²) in [7, 11) is 0. The van der Waals surface area contributed by atoms with E-state index in [2.05, 4.69) is 12.2 Å². The second-order valence-electron chi connectivity index (χ2n) is 4.17. The Hall–Kier alpha value is -1.19. The average Bonchev–Trinajstić information content (AvgIpc) is 2.11. The van der Waals surface area contributed by atoms with E-state index in [9.17, 15) is 13.2 Å². The van der Waals surface area contributed by atoms with Crippen molar-refractivity contribution in [2.75, 3.05) is 5.32 Å². The van der Waals surface area contributed by atoms with Gasteiger partial charge in [0.15, 0.2) is 17.5 Å². The van der Waals surface area contributed by atoms with Gasteiger partial charge < -0.3 is 5.32 Å². The van der Waals surface area contributed by atoms with Crippen LogP contribution in [0.2, 0.25) is 0 Å². The fourth-order valence-corrected chi connectivity index (χ4v) is 1.89. The van der Waals surface area contributed by atoms with Crippen molar-refractivity contribution < 1.29 is 13.2 Å². The molecule has 0 saturated heterocycles. The first-order chi connectivity index (χ1) is 7.06. The van der Waals surface area contributed by atoms with Crippen molar-refractivity contribution in [3.63, 3.8) is 0 Å². The van der Waals surface area contributed by atoms with Gasteiger partial charge in [0.1, 0.15) is 0 Å². The maximum Gasteiger partial charge on any atom is 0.194 e. The Kier molecular flexibility index (Phi) is 2.59. The summed E-state index contributed by atoms with van der Waals surface area (Å²) in [6.45, 7) is 2.12. The van der Waals surface area contributed by atoms with Crippen molar-refractivity contribution in [3.8, 4) is 0 Å². The lowest BCUT2D eigenvalue weighted by Crippen LogP contribution is -2.33. The average molecular weight is 215 g/mol. The number of halogens is 3. The zero-order valence-corrected chi connectivity index (χ0v) is 8.36. The molecule has 1 aliphatic carbocycles. The van der Waals surface area contributed by atoms with Gasteiger partial charge in [0.05, 0.1) is 0 Å². The van der Waals surface area contributed by atoms with Gasteiger partial charge in [-0.2, -0.15) is 0 Å². The summed E-state index contributed by atoms with van der Waals surface area (Å²) in [4.78, 5) is 0. The second-order valence-corrected chi connectivity index (χ2v) is 4.17. The maximum atomic E-state index is 12.8. The van der Waals surface area contributed by atoms with Crippen LogP contribution in [0, 0.1) is 23.4 Å². The molecule has 0 bridgehead atoms. The van der Waals surface area contributed by atoms with Crippen LogP contribution >= 0.6 is 0 Å². The molecule has 2 rings (SSSR count). The van der Waals surface area contributed by atoms with Gasteiger partial charge in [0.2, 0.25) is 0 Å². The second kappa shape index (κ2) is 3.76. The lowest BCUT2D eigenvalue weighted by atomic mass is 9.82. The van der Waals surface area contributed by atoms with Crippen LogP contribution in [-0.4, -0.2) is 6.04 Å². The molecule has 1 nitrogen and oxygen atoms in total. The third-order valence-corrected chi connectivity index (χ3v) is 2.73. The Morgan fingerprint density at radius 2 is 1.67 bits per heavy atom. The van der Waals surface area contributed by atoms with Gasteiger partial charge in [0, 0.05) is 23.9 Å². The molecule has 15 heavy (non-hydrogen) atoms. The Labute approximate surface area is 86.3 Å². The zero-order valence-electron chi connectivity index (χ0n) is 8.36. The van der Waals surface area contributed by atoms with E-state index in [0.717, 1.165) is 25.0 Å². The minimum atomic E-state index is -1.41. The molecule has 0 aliphatic heterocycles. The summed E-state index contributed by atoms with van der Waals surface area (Å²) in [6.07, 6.45) is 1.97. The highest BCUT2D eigenvalue weighted by atomic mass is 19.2. The van der Waals surface area contributed by atoms with E-state index in [1.165, 1.54) is 0 Å². The van der Waals surface area contributed by atoms with Crippen LogP contribution in [0.25, 0.3) is 0 Å². The summed E-state index contributed by atoms with van der Waals surface area (Å²) >= 11 is 0. The minimum absolute atomic E-state index is 0.254. The van der Waals surface area contributed by atoms with E-state index in [1.807, 2.05) is 0 Å². The Balaban J connectivity index is 2.09. The number of rotatable bonds is 2. The van der Waals surface area contributed by atoms with Gasteiger partial charge in [-0.25, -0.2) is 13.2 Å². The molecule has 1 aliphatic rings. The van der Waals surface area contributed by atoms with Crippen LogP contribution in [0.4, 0.5) is 18.9 Å². The van der Waals surface area contributed by atoms with Gasteiger partial charge in [-0.05, 0) is 18.8 Å². The van der Waals surface area contributed by atoms with Gasteiger partial charge in [0.25, 0.3) is 0 Å². The fourth-order valence-electron chi connectivity index (χ4n) is 1.89. The topological polar surface area (TPSA) is 12.0 Å².